The summed E-state index contributed by atoms with van der Waals surface area (Å²) < 4.78 is 0. The summed E-state index contributed by atoms with van der Waals surface area (Å²) in [6.07, 6.45) is 0. The van der Waals surface area contributed by atoms with Gasteiger partial charge in [-0.2, -0.15) is 0 Å². The molecular formula is C21H20O2. The maximum absolute atomic E-state index is 11.1. The lowest BCUT2D eigenvalue weighted by Crippen LogP contribution is -2.19. The topological polar surface area (TPSA) is 40.5 Å². The molecule has 0 amide bonds. The Hall–Kier alpha value is -2.32. The molecule has 1 aliphatic carbocycles. The third-order valence-electron chi connectivity index (χ3n) is 5.48. The molecule has 0 fully saturated rings. The predicted octanol–water partition coefficient (Wildman–Crippen LogP) is 4.71. The Morgan fingerprint density at radius 2 is 1.61 bits per heavy atom. The van der Waals surface area contributed by atoms with Crippen LogP contribution in [-0.2, 0) is 5.60 Å². The van der Waals surface area contributed by atoms with E-state index in [1.54, 1.807) is 13.0 Å². The van der Waals surface area contributed by atoms with Crippen molar-refractivity contribution >= 4 is 10.8 Å². The van der Waals surface area contributed by atoms with Crippen molar-refractivity contribution in [1.82, 2.24) is 0 Å². The van der Waals surface area contributed by atoms with E-state index in [1.165, 1.54) is 16.7 Å². The zero-order valence-corrected chi connectivity index (χ0v) is 13.9. The highest BCUT2D eigenvalue weighted by atomic mass is 16.3. The van der Waals surface area contributed by atoms with Gasteiger partial charge in [0.05, 0.1) is 0 Å². The number of hydrogen-bond acceptors (Lipinski definition) is 2. The van der Waals surface area contributed by atoms with Gasteiger partial charge in [0.1, 0.15) is 11.4 Å². The molecule has 0 heterocycles. The molecule has 0 saturated carbocycles. The van der Waals surface area contributed by atoms with Gasteiger partial charge in [-0.25, -0.2) is 0 Å². The van der Waals surface area contributed by atoms with Gasteiger partial charge in [-0.3, -0.25) is 0 Å². The first-order valence-electron chi connectivity index (χ1n) is 7.93. The van der Waals surface area contributed by atoms with Crippen LogP contribution in [0.2, 0.25) is 0 Å². The van der Waals surface area contributed by atoms with Crippen LogP contribution >= 0.6 is 0 Å². The van der Waals surface area contributed by atoms with Gasteiger partial charge in [0.2, 0.25) is 0 Å². The number of phenolic OH excluding ortho intramolecular Hbond substituents is 1. The summed E-state index contributed by atoms with van der Waals surface area (Å²) in [6, 6.07) is 11.7. The number of fused-ring (bicyclic) bond motifs is 5. The van der Waals surface area contributed by atoms with E-state index in [1.807, 2.05) is 24.3 Å². The van der Waals surface area contributed by atoms with Gasteiger partial charge in [0.25, 0.3) is 0 Å². The molecule has 1 atom stereocenters. The summed E-state index contributed by atoms with van der Waals surface area (Å²) in [6.45, 7) is 8.08. The van der Waals surface area contributed by atoms with E-state index in [-0.39, 0.29) is 5.75 Å². The third kappa shape index (κ3) is 1.67. The van der Waals surface area contributed by atoms with Crippen LogP contribution in [-0.4, -0.2) is 10.2 Å². The van der Waals surface area contributed by atoms with Gasteiger partial charge in [-0.1, -0.05) is 24.3 Å². The molecule has 3 aromatic rings. The van der Waals surface area contributed by atoms with Crippen LogP contribution in [0.15, 0.2) is 36.4 Å². The largest absolute Gasteiger partial charge is 0.507 e. The van der Waals surface area contributed by atoms with Crippen molar-refractivity contribution in [3.8, 4) is 16.9 Å². The average Bonchev–Trinajstić information content (AvgIpc) is 2.74. The van der Waals surface area contributed by atoms with Crippen LogP contribution in [0, 0.1) is 20.8 Å². The Morgan fingerprint density at radius 3 is 2.35 bits per heavy atom. The normalized spacial score (nSPS) is 19.0. The van der Waals surface area contributed by atoms with Gasteiger partial charge in [0.15, 0.2) is 0 Å². The van der Waals surface area contributed by atoms with E-state index in [9.17, 15) is 10.2 Å². The second kappa shape index (κ2) is 4.36. The van der Waals surface area contributed by atoms with Gasteiger partial charge < -0.3 is 10.2 Å². The number of rotatable bonds is 0. The maximum Gasteiger partial charge on any atom is 0.123 e. The van der Waals surface area contributed by atoms with E-state index in [0.717, 1.165) is 33.0 Å². The molecule has 3 aromatic carbocycles. The molecule has 0 saturated heterocycles. The molecule has 2 N–H and O–H groups in total. The smallest absolute Gasteiger partial charge is 0.123 e. The van der Waals surface area contributed by atoms with Gasteiger partial charge in [-0.05, 0) is 84.2 Å². The van der Waals surface area contributed by atoms with Gasteiger partial charge in [0, 0.05) is 5.39 Å². The zero-order valence-electron chi connectivity index (χ0n) is 13.9. The average molecular weight is 304 g/mol. The number of phenols is 1. The van der Waals surface area contributed by atoms with E-state index >= 15 is 0 Å². The summed E-state index contributed by atoms with van der Waals surface area (Å²) in [5, 5.41) is 23.6. The highest BCUT2D eigenvalue weighted by Crippen LogP contribution is 2.52. The maximum atomic E-state index is 11.1. The molecule has 0 aromatic heterocycles. The van der Waals surface area contributed by atoms with E-state index in [0.29, 0.717) is 0 Å². The fourth-order valence-corrected chi connectivity index (χ4v) is 3.96. The summed E-state index contributed by atoms with van der Waals surface area (Å²) in [7, 11) is 0. The Morgan fingerprint density at radius 1 is 0.913 bits per heavy atom. The molecule has 1 aliphatic rings. The molecule has 23 heavy (non-hydrogen) atoms. The van der Waals surface area contributed by atoms with Crippen molar-refractivity contribution in [2.75, 3.05) is 0 Å². The van der Waals surface area contributed by atoms with E-state index in [2.05, 4.69) is 26.8 Å². The van der Waals surface area contributed by atoms with Crippen LogP contribution in [0.25, 0.3) is 21.9 Å². The van der Waals surface area contributed by atoms with Crippen LogP contribution in [0.3, 0.4) is 0 Å². The van der Waals surface area contributed by atoms with Crippen LogP contribution in [0.4, 0.5) is 0 Å². The predicted molar refractivity (Wildman–Crippen MR) is 93.9 cm³/mol. The SMILES string of the molecule is Cc1cc2c(O)cc3c(c2c(C)c1C)-c1ccccc1C3(C)O. The number of aromatic hydroxyl groups is 1. The van der Waals surface area contributed by atoms with Crippen molar-refractivity contribution in [3.63, 3.8) is 0 Å². The first kappa shape index (κ1) is 14.3. The molecule has 116 valence electrons. The highest BCUT2D eigenvalue weighted by Gasteiger charge is 2.39. The van der Waals surface area contributed by atoms with Crippen LogP contribution in [0.5, 0.6) is 5.75 Å². The molecule has 0 spiro atoms. The monoisotopic (exact) mass is 304 g/mol. The Kier molecular flexibility index (Phi) is 2.71. The minimum absolute atomic E-state index is 0.234. The summed E-state index contributed by atoms with van der Waals surface area (Å²) in [4.78, 5) is 0. The summed E-state index contributed by atoms with van der Waals surface area (Å²) >= 11 is 0. The standard InChI is InChI=1S/C21H20O2/c1-11-9-15-18(22)10-17-20(19(15)13(3)12(11)2)14-7-5-6-8-16(14)21(17,4)23/h5-10,22-23H,1-4H3. The summed E-state index contributed by atoms with van der Waals surface area (Å²) in [5.41, 5.74) is 6.29. The number of hydrogen-bond donors (Lipinski definition) is 2. The lowest BCUT2D eigenvalue weighted by molar-refractivity contribution is 0.107. The Bertz CT molecular complexity index is 981. The number of aryl methyl sites for hydroxylation is 2. The first-order valence-corrected chi connectivity index (χ1v) is 7.93. The van der Waals surface area contributed by atoms with Crippen molar-refractivity contribution in [2.24, 2.45) is 0 Å². The lowest BCUT2D eigenvalue weighted by Gasteiger charge is -2.21. The second-order valence-electron chi connectivity index (χ2n) is 6.80. The Labute approximate surface area is 136 Å². The highest BCUT2D eigenvalue weighted by molar-refractivity contribution is 6.07. The number of benzene rings is 3. The Balaban J connectivity index is 2.29. The fraction of sp³-hybridized carbons (Fsp3) is 0.238. The second-order valence-corrected chi connectivity index (χ2v) is 6.80. The van der Waals surface area contributed by atoms with Gasteiger partial charge in [-0.15, -0.1) is 0 Å². The molecule has 1 unspecified atom stereocenters. The van der Waals surface area contributed by atoms with E-state index in [4.69, 9.17) is 0 Å². The van der Waals surface area contributed by atoms with Gasteiger partial charge >= 0.3 is 0 Å². The minimum atomic E-state index is -1.08. The first-order chi connectivity index (χ1) is 10.8. The van der Waals surface area contributed by atoms with Crippen molar-refractivity contribution in [2.45, 2.75) is 33.3 Å². The van der Waals surface area contributed by atoms with Crippen molar-refractivity contribution in [3.05, 3.63) is 64.2 Å². The molecule has 0 radical (unpaired) electrons. The van der Waals surface area contributed by atoms with Crippen LogP contribution < -0.4 is 0 Å². The van der Waals surface area contributed by atoms with E-state index < -0.39 is 5.60 Å². The van der Waals surface area contributed by atoms with Crippen molar-refractivity contribution in [1.29, 1.82) is 0 Å². The summed E-state index contributed by atoms with van der Waals surface area (Å²) in [5.74, 6) is 0.234. The molecule has 2 nitrogen and oxygen atoms in total. The molecule has 2 heteroatoms. The molecule has 4 rings (SSSR count). The molecule has 0 bridgehead atoms. The van der Waals surface area contributed by atoms with Crippen molar-refractivity contribution < 1.29 is 10.2 Å². The quantitative estimate of drug-likeness (QED) is 0.631. The molecular weight excluding hydrogens is 284 g/mol. The fourth-order valence-electron chi connectivity index (χ4n) is 3.96. The molecule has 0 aliphatic heterocycles. The zero-order chi connectivity index (χ0) is 16.5. The third-order valence-corrected chi connectivity index (χ3v) is 5.48. The lowest BCUT2D eigenvalue weighted by atomic mass is 9.88. The number of aliphatic hydroxyl groups is 1. The van der Waals surface area contributed by atoms with Crippen LogP contribution in [0.1, 0.15) is 34.7 Å². The minimum Gasteiger partial charge on any atom is -0.507 e.